The zero-order valence-electron chi connectivity index (χ0n) is 12.3. The summed E-state index contributed by atoms with van der Waals surface area (Å²) in [5.74, 6) is -0.340. The molecule has 0 spiro atoms. The summed E-state index contributed by atoms with van der Waals surface area (Å²) >= 11 is 0. The zero-order valence-corrected chi connectivity index (χ0v) is 12.3. The number of rotatable bonds is 5. The molecule has 116 valence electrons. The molecule has 1 aromatic heterocycles. The SMILES string of the molecule is CCO[C@H]1COC[C@@H]1n1ccnc1-c1ccccc1C(=O)O. The Labute approximate surface area is 128 Å². The van der Waals surface area contributed by atoms with Crippen LogP contribution in [-0.2, 0) is 9.47 Å². The number of hydrogen-bond donors (Lipinski definition) is 1. The summed E-state index contributed by atoms with van der Waals surface area (Å²) in [4.78, 5) is 15.8. The van der Waals surface area contributed by atoms with E-state index in [0.717, 1.165) is 0 Å². The van der Waals surface area contributed by atoms with Gasteiger partial charge in [0, 0.05) is 24.6 Å². The average molecular weight is 302 g/mol. The Morgan fingerprint density at radius 2 is 2.27 bits per heavy atom. The fourth-order valence-electron chi connectivity index (χ4n) is 2.81. The number of benzene rings is 1. The molecule has 3 rings (SSSR count). The smallest absolute Gasteiger partial charge is 0.336 e. The summed E-state index contributed by atoms with van der Waals surface area (Å²) in [6.07, 6.45) is 3.48. The van der Waals surface area contributed by atoms with Gasteiger partial charge in [-0.15, -0.1) is 0 Å². The maximum Gasteiger partial charge on any atom is 0.336 e. The van der Waals surface area contributed by atoms with Crippen molar-refractivity contribution in [3.05, 3.63) is 42.2 Å². The molecule has 1 aromatic carbocycles. The molecule has 0 bridgehead atoms. The second-order valence-corrected chi connectivity index (χ2v) is 5.11. The molecule has 0 saturated carbocycles. The number of carboxylic acid groups (broad SMARTS) is 1. The van der Waals surface area contributed by atoms with Gasteiger partial charge in [0.25, 0.3) is 0 Å². The minimum absolute atomic E-state index is 0.000647. The molecular formula is C16H18N2O4. The van der Waals surface area contributed by atoms with E-state index in [9.17, 15) is 9.90 Å². The molecule has 1 aliphatic rings. The number of aromatic nitrogens is 2. The molecule has 0 aliphatic carbocycles. The van der Waals surface area contributed by atoms with Gasteiger partial charge in [-0.2, -0.15) is 0 Å². The predicted molar refractivity (Wildman–Crippen MR) is 79.9 cm³/mol. The Hall–Kier alpha value is -2.18. The summed E-state index contributed by atoms with van der Waals surface area (Å²) in [6, 6.07) is 6.88. The fraction of sp³-hybridized carbons (Fsp3) is 0.375. The van der Waals surface area contributed by atoms with Crippen LogP contribution >= 0.6 is 0 Å². The van der Waals surface area contributed by atoms with Crippen LogP contribution < -0.4 is 0 Å². The van der Waals surface area contributed by atoms with E-state index in [1.807, 2.05) is 23.8 Å². The van der Waals surface area contributed by atoms with Crippen molar-refractivity contribution in [2.75, 3.05) is 19.8 Å². The Bertz CT molecular complexity index is 668. The standard InChI is InChI=1S/C16H18N2O4/c1-2-22-14-10-21-9-13(14)18-8-7-17-15(18)11-5-3-4-6-12(11)16(19)20/h3-8,13-14H,2,9-10H2,1H3,(H,19,20)/t13-,14-/m0/s1. The highest BCUT2D eigenvalue weighted by Gasteiger charge is 2.32. The molecule has 0 amide bonds. The third kappa shape index (κ3) is 2.63. The van der Waals surface area contributed by atoms with Gasteiger partial charge in [-0.3, -0.25) is 0 Å². The third-order valence-electron chi connectivity index (χ3n) is 3.80. The minimum Gasteiger partial charge on any atom is -0.478 e. The second kappa shape index (κ2) is 6.29. The molecule has 0 unspecified atom stereocenters. The number of carboxylic acids is 1. The first-order valence-corrected chi connectivity index (χ1v) is 7.27. The third-order valence-corrected chi connectivity index (χ3v) is 3.80. The maximum atomic E-state index is 11.4. The Kier molecular flexibility index (Phi) is 4.22. The van der Waals surface area contributed by atoms with Crippen molar-refractivity contribution < 1.29 is 19.4 Å². The van der Waals surface area contributed by atoms with Crippen LogP contribution in [0.2, 0.25) is 0 Å². The van der Waals surface area contributed by atoms with Crippen LogP contribution in [0.15, 0.2) is 36.7 Å². The number of hydrogen-bond acceptors (Lipinski definition) is 4. The molecule has 6 nitrogen and oxygen atoms in total. The van der Waals surface area contributed by atoms with Gasteiger partial charge in [-0.1, -0.05) is 18.2 Å². The van der Waals surface area contributed by atoms with Gasteiger partial charge in [0.2, 0.25) is 0 Å². The van der Waals surface area contributed by atoms with Gasteiger partial charge < -0.3 is 19.1 Å². The van der Waals surface area contributed by atoms with Crippen LogP contribution in [-0.4, -0.2) is 46.6 Å². The first-order chi connectivity index (χ1) is 10.7. The van der Waals surface area contributed by atoms with Gasteiger partial charge in [0.15, 0.2) is 0 Å². The Morgan fingerprint density at radius 3 is 3.05 bits per heavy atom. The lowest BCUT2D eigenvalue weighted by Gasteiger charge is -2.21. The zero-order chi connectivity index (χ0) is 15.5. The number of imidazole rings is 1. The highest BCUT2D eigenvalue weighted by atomic mass is 16.5. The number of ether oxygens (including phenoxy) is 2. The summed E-state index contributed by atoms with van der Waals surface area (Å²) < 4.78 is 13.2. The molecule has 0 radical (unpaired) electrons. The normalized spacial score (nSPS) is 21.1. The van der Waals surface area contributed by atoms with Crippen molar-refractivity contribution in [2.45, 2.75) is 19.1 Å². The molecule has 1 N–H and O–H groups in total. The minimum atomic E-state index is -0.964. The van der Waals surface area contributed by atoms with E-state index in [1.54, 1.807) is 24.4 Å². The first-order valence-electron chi connectivity index (χ1n) is 7.27. The van der Waals surface area contributed by atoms with Crippen LogP contribution in [0, 0.1) is 0 Å². The molecule has 2 atom stereocenters. The van der Waals surface area contributed by atoms with Gasteiger partial charge in [0.1, 0.15) is 11.9 Å². The number of carbonyl (C=O) groups is 1. The van der Waals surface area contributed by atoms with E-state index >= 15 is 0 Å². The summed E-state index contributed by atoms with van der Waals surface area (Å²) in [6.45, 7) is 3.63. The van der Waals surface area contributed by atoms with Gasteiger partial charge in [0.05, 0.1) is 24.8 Å². The molecule has 1 saturated heterocycles. The highest BCUT2D eigenvalue weighted by Crippen LogP contribution is 2.29. The number of aromatic carboxylic acids is 1. The lowest BCUT2D eigenvalue weighted by molar-refractivity contribution is 0.0364. The maximum absolute atomic E-state index is 11.4. The second-order valence-electron chi connectivity index (χ2n) is 5.11. The Balaban J connectivity index is 2.01. The Morgan fingerprint density at radius 1 is 1.45 bits per heavy atom. The van der Waals surface area contributed by atoms with E-state index in [4.69, 9.17) is 9.47 Å². The van der Waals surface area contributed by atoms with Crippen molar-refractivity contribution in [3.8, 4) is 11.4 Å². The molecule has 22 heavy (non-hydrogen) atoms. The molecule has 2 aromatic rings. The molecular weight excluding hydrogens is 284 g/mol. The van der Waals surface area contributed by atoms with Crippen LogP contribution in [0.1, 0.15) is 23.3 Å². The van der Waals surface area contributed by atoms with Gasteiger partial charge in [-0.05, 0) is 13.0 Å². The average Bonchev–Trinajstić information content (AvgIpc) is 3.15. The van der Waals surface area contributed by atoms with Crippen molar-refractivity contribution in [3.63, 3.8) is 0 Å². The van der Waals surface area contributed by atoms with Crippen molar-refractivity contribution in [1.29, 1.82) is 0 Å². The van der Waals surface area contributed by atoms with Gasteiger partial charge >= 0.3 is 5.97 Å². The van der Waals surface area contributed by atoms with Crippen LogP contribution in [0.4, 0.5) is 0 Å². The topological polar surface area (TPSA) is 73.6 Å². The fourth-order valence-corrected chi connectivity index (χ4v) is 2.81. The predicted octanol–water partition coefficient (Wildman–Crippen LogP) is 2.22. The number of nitrogens with zero attached hydrogens (tertiary/aromatic N) is 2. The summed E-state index contributed by atoms with van der Waals surface area (Å²) in [5.41, 5.74) is 0.837. The van der Waals surface area contributed by atoms with Crippen molar-refractivity contribution in [1.82, 2.24) is 9.55 Å². The van der Waals surface area contributed by atoms with E-state index in [-0.39, 0.29) is 17.7 Å². The summed E-state index contributed by atoms with van der Waals surface area (Å²) in [5, 5.41) is 9.37. The first kappa shape index (κ1) is 14.7. The monoisotopic (exact) mass is 302 g/mol. The summed E-state index contributed by atoms with van der Waals surface area (Å²) in [7, 11) is 0. The molecule has 6 heteroatoms. The molecule has 2 heterocycles. The molecule has 1 aliphatic heterocycles. The largest absolute Gasteiger partial charge is 0.478 e. The van der Waals surface area contributed by atoms with Crippen molar-refractivity contribution in [2.24, 2.45) is 0 Å². The van der Waals surface area contributed by atoms with Crippen LogP contribution in [0.25, 0.3) is 11.4 Å². The quantitative estimate of drug-likeness (QED) is 0.916. The molecule has 1 fully saturated rings. The van der Waals surface area contributed by atoms with E-state index in [1.165, 1.54) is 0 Å². The lowest BCUT2D eigenvalue weighted by atomic mass is 10.1. The van der Waals surface area contributed by atoms with Crippen molar-refractivity contribution >= 4 is 5.97 Å². The highest BCUT2D eigenvalue weighted by molar-refractivity contribution is 5.95. The van der Waals surface area contributed by atoms with E-state index in [2.05, 4.69) is 4.98 Å². The van der Waals surface area contributed by atoms with Gasteiger partial charge in [-0.25, -0.2) is 9.78 Å². The van der Waals surface area contributed by atoms with E-state index < -0.39 is 5.97 Å². The lowest BCUT2D eigenvalue weighted by Crippen LogP contribution is -2.26. The van der Waals surface area contributed by atoms with Crippen LogP contribution in [0.5, 0.6) is 0 Å². The van der Waals surface area contributed by atoms with Crippen LogP contribution in [0.3, 0.4) is 0 Å². The van der Waals surface area contributed by atoms with E-state index in [0.29, 0.717) is 31.2 Å².